The smallest absolute Gasteiger partial charge is 0.185 e. The highest BCUT2D eigenvalue weighted by molar-refractivity contribution is 7.15. The van der Waals surface area contributed by atoms with Crippen LogP contribution in [0.2, 0.25) is 0 Å². The Morgan fingerprint density at radius 3 is 3.00 bits per heavy atom. The van der Waals surface area contributed by atoms with E-state index < -0.39 is 0 Å². The summed E-state index contributed by atoms with van der Waals surface area (Å²) in [6.07, 6.45) is 3.97. The zero-order valence-electron chi connectivity index (χ0n) is 13.4. The monoisotopic (exact) mass is 313 g/mol. The largest absolute Gasteiger partial charge is 0.378 e. The number of nitrogens with one attached hydrogen (secondary N) is 1. The Labute approximate surface area is 131 Å². The summed E-state index contributed by atoms with van der Waals surface area (Å²) in [7, 11) is 3.82. The summed E-state index contributed by atoms with van der Waals surface area (Å²) in [5, 5.41) is 4.43. The molecule has 5 nitrogen and oxygen atoms in total. The number of rotatable bonds is 8. The van der Waals surface area contributed by atoms with E-state index in [1.807, 2.05) is 0 Å². The lowest BCUT2D eigenvalue weighted by atomic mass is 10.1. The first-order valence-corrected chi connectivity index (χ1v) is 8.57. The molecule has 0 spiro atoms. The van der Waals surface area contributed by atoms with Crippen molar-refractivity contribution in [3.63, 3.8) is 0 Å². The fraction of sp³-hybridized carbons (Fsp3) is 0.800. The summed E-state index contributed by atoms with van der Waals surface area (Å²) in [6, 6.07) is 0. The molecule has 1 N–H and O–H groups in total. The van der Waals surface area contributed by atoms with Crippen molar-refractivity contribution in [2.24, 2.45) is 0 Å². The third-order valence-corrected chi connectivity index (χ3v) is 4.87. The van der Waals surface area contributed by atoms with Crippen molar-refractivity contribution < 1.29 is 9.47 Å². The summed E-state index contributed by atoms with van der Waals surface area (Å²) in [5.74, 6) is 0. The fourth-order valence-corrected chi connectivity index (χ4v) is 3.50. The number of likely N-dealkylation sites (N-methyl/N-ethyl adjacent to an activating group) is 1. The van der Waals surface area contributed by atoms with E-state index in [-0.39, 0.29) is 0 Å². The van der Waals surface area contributed by atoms with Crippen LogP contribution in [0.25, 0.3) is 0 Å². The van der Waals surface area contributed by atoms with E-state index in [9.17, 15) is 0 Å². The Bertz CT molecular complexity index is 419. The van der Waals surface area contributed by atoms with Crippen molar-refractivity contribution >= 4 is 16.5 Å². The molecule has 6 heteroatoms. The van der Waals surface area contributed by atoms with Crippen LogP contribution < -0.4 is 10.2 Å². The van der Waals surface area contributed by atoms with E-state index in [0.717, 1.165) is 43.5 Å². The quantitative estimate of drug-likeness (QED) is 0.798. The number of thiazole rings is 1. The van der Waals surface area contributed by atoms with Gasteiger partial charge in [-0.3, -0.25) is 0 Å². The second-order valence-corrected chi connectivity index (χ2v) is 6.51. The first-order valence-electron chi connectivity index (χ1n) is 7.75. The standard InChI is InChI=1S/C15H27N3O2S/c1-4-16-9-14-13(11-19-3)17-15(21-14)18(2)10-12-7-5-6-8-20-12/h12,16H,4-11H2,1-3H3. The van der Waals surface area contributed by atoms with Gasteiger partial charge in [-0.25, -0.2) is 4.98 Å². The molecule has 0 aromatic carbocycles. The zero-order valence-corrected chi connectivity index (χ0v) is 14.2. The molecule has 0 bridgehead atoms. The van der Waals surface area contributed by atoms with Crippen LogP contribution in [-0.4, -0.2) is 44.9 Å². The molecule has 0 saturated carbocycles. The van der Waals surface area contributed by atoms with Crippen LogP contribution in [0.5, 0.6) is 0 Å². The molecule has 0 aliphatic carbocycles. The molecule has 2 heterocycles. The molecule has 1 unspecified atom stereocenters. The van der Waals surface area contributed by atoms with Gasteiger partial charge in [-0.2, -0.15) is 0 Å². The third-order valence-electron chi connectivity index (χ3n) is 3.66. The molecule has 1 aromatic rings. The van der Waals surface area contributed by atoms with Crippen LogP contribution in [0.1, 0.15) is 36.8 Å². The van der Waals surface area contributed by atoms with Crippen LogP contribution in [-0.2, 0) is 22.6 Å². The van der Waals surface area contributed by atoms with Crippen molar-refractivity contribution in [3.8, 4) is 0 Å². The molecule has 1 aromatic heterocycles. The Hall–Kier alpha value is -0.690. The first-order chi connectivity index (χ1) is 10.2. The molecule has 0 amide bonds. The minimum Gasteiger partial charge on any atom is -0.378 e. The van der Waals surface area contributed by atoms with Crippen molar-refractivity contribution in [2.45, 2.75) is 45.4 Å². The van der Waals surface area contributed by atoms with Gasteiger partial charge in [0.05, 0.1) is 18.4 Å². The zero-order chi connectivity index (χ0) is 15.1. The SMILES string of the molecule is CCNCc1sc(N(C)CC2CCCCO2)nc1COC. The Morgan fingerprint density at radius 2 is 2.33 bits per heavy atom. The van der Waals surface area contributed by atoms with E-state index in [4.69, 9.17) is 14.5 Å². The number of hydrogen-bond donors (Lipinski definition) is 1. The fourth-order valence-electron chi connectivity index (χ4n) is 2.49. The highest BCUT2D eigenvalue weighted by Crippen LogP contribution is 2.27. The van der Waals surface area contributed by atoms with Gasteiger partial charge in [0, 0.05) is 38.7 Å². The second-order valence-electron chi connectivity index (χ2n) is 5.45. The molecule has 1 aliphatic rings. The summed E-state index contributed by atoms with van der Waals surface area (Å²) >= 11 is 1.75. The van der Waals surface area contributed by atoms with Crippen molar-refractivity contribution in [3.05, 3.63) is 10.6 Å². The lowest BCUT2D eigenvalue weighted by Crippen LogP contribution is -2.33. The topological polar surface area (TPSA) is 46.6 Å². The normalized spacial score (nSPS) is 18.9. The lowest BCUT2D eigenvalue weighted by molar-refractivity contribution is 0.0216. The van der Waals surface area contributed by atoms with Crippen LogP contribution in [0.15, 0.2) is 0 Å². The van der Waals surface area contributed by atoms with Crippen LogP contribution in [0.4, 0.5) is 5.13 Å². The van der Waals surface area contributed by atoms with Gasteiger partial charge >= 0.3 is 0 Å². The summed E-state index contributed by atoms with van der Waals surface area (Å²) in [5.41, 5.74) is 1.05. The second kappa shape index (κ2) is 8.68. The predicted octanol–water partition coefficient (Wildman–Crippen LogP) is 2.40. The molecule has 2 rings (SSSR count). The predicted molar refractivity (Wildman–Crippen MR) is 87.1 cm³/mol. The molecular weight excluding hydrogens is 286 g/mol. The highest BCUT2D eigenvalue weighted by Gasteiger charge is 2.19. The summed E-state index contributed by atoms with van der Waals surface area (Å²) < 4.78 is 11.1. The van der Waals surface area contributed by atoms with Gasteiger partial charge in [-0.15, -0.1) is 11.3 Å². The number of nitrogens with zero attached hydrogens (tertiary/aromatic N) is 2. The average molecular weight is 313 g/mol. The van der Waals surface area contributed by atoms with E-state index in [0.29, 0.717) is 12.7 Å². The molecule has 21 heavy (non-hydrogen) atoms. The van der Waals surface area contributed by atoms with Gasteiger partial charge in [0.2, 0.25) is 0 Å². The molecule has 1 saturated heterocycles. The van der Waals surface area contributed by atoms with Crippen LogP contribution >= 0.6 is 11.3 Å². The van der Waals surface area contributed by atoms with E-state index in [2.05, 4.69) is 24.2 Å². The van der Waals surface area contributed by atoms with Gasteiger partial charge in [-0.05, 0) is 25.8 Å². The van der Waals surface area contributed by atoms with Gasteiger partial charge in [0.15, 0.2) is 5.13 Å². The Kier molecular flexibility index (Phi) is 6.89. The molecule has 120 valence electrons. The molecular formula is C15H27N3O2S. The maximum Gasteiger partial charge on any atom is 0.185 e. The van der Waals surface area contributed by atoms with Gasteiger partial charge in [0.1, 0.15) is 0 Å². The van der Waals surface area contributed by atoms with Crippen LogP contribution in [0, 0.1) is 0 Å². The van der Waals surface area contributed by atoms with Crippen LogP contribution in [0.3, 0.4) is 0 Å². The van der Waals surface area contributed by atoms with Gasteiger partial charge in [0.25, 0.3) is 0 Å². The molecule has 1 aliphatic heterocycles. The van der Waals surface area contributed by atoms with E-state index in [1.54, 1.807) is 18.4 Å². The third kappa shape index (κ3) is 4.92. The molecule has 1 fully saturated rings. The Balaban J connectivity index is 1.99. The first kappa shape index (κ1) is 16.7. The maximum absolute atomic E-state index is 5.82. The highest BCUT2D eigenvalue weighted by atomic mass is 32.1. The minimum absolute atomic E-state index is 0.343. The number of ether oxygens (including phenoxy) is 2. The summed E-state index contributed by atoms with van der Waals surface area (Å²) in [4.78, 5) is 8.23. The van der Waals surface area contributed by atoms with E-state index in [1.165, 1.54) is 17.7 Å². The Morgan fingerprint density at radius 1 is 1.48 bits per heavy atom. The van der Waals surface area contributed by atoms with E-state index >= 15 is 0 Å². The molecule has 0 radical (unpaired) electrons. The minimum atomic E-state index is 0.343. The number of methoxy groups -OCH3 is 1. The van der Waals surface area contributed by atoms with Crippen molar-refractivity contribution in [2.75, 3.05) is 38.8 Å². The van der Waals surface area contributed by atoms with Crippen molar-refractivity contribution in [1.82, 2.24) is 10.3 Å². The summed E-state index contributed by atoms with van der Waals surface area (Å²) in [6.45, 7) is 6.33. The molecule has 1 atom stereocenters. The number of anilines is 1. The van der Waals surface area contributed by atoms with Gasteiger partial charge < -0.3 is 19.7 Å². The number of aromatic nitrogens is 1. The number of hydrogen-bond acceptors (Lipinski definition) is 6. The van der Waals surface area contributed by atoms with Gasteiger partial charge in [-0.1, -0.05) is 6.92 Å². The maximum atomic E-state index is 5.82. The average Bonchev–Trinajstić information content (AvgIpc) is 2.90. The lowest BCUT2D eigenvalue weighted by Gasteiger charge is -2.27. The van der Waals surface area contributed by atoms with Crippen molar-refractivity contribution in [1.29, 1.82) is 0 Å².